The lowest BCUT2D eigenvalue weighted by Crippen LogP contribution is -2.27. The molecule has 0 aliphatic rings. The number of aromatic nitrogens is 6. The number of hydrogen-bond donors (Lipinski definition) is 3. The van der Waals surface area contributed by atoms with Gasteiger partial charge in [-0.1, -0.05) is 0 Å². The Bertz CT molecular complexity index is 1700. The number of amides is 1. The Morgan fingerprint density at radius 1 is 1.06 bits per heavy atom. The van der Waals surface area contributed by atoms with Gasteiger partial charge in [-0.2, -0.15) is 5.10 Å². The first-order valence-corrected chi connectivity index (χ1v) is 11.3. The Kier molecular flexibility index (Phi) is 5.27. The zero-order valence-corrected chi connectivity index (χ0v) is 19.6. The lowest BCUT2D eigenvalue weighted by atomic mass is 10.1. The summed E-state index contributed by atoms with van der Waals surface area (Å²) in [5.74, 6) is -0.110. The molecular formula is C26H22N8O2. The summed E-state index contributed by atoms with van der Waals surface area (Å²) in [6, 6.07) is 9.76. The van der Waals surface area contributed by atoms with Crippen molar-refractivity contribution >= 4 is 33.5 Å². The van der Waals surface area contributed by atoms with Crippen LogP contribution in [0.3, 0.4) is 0 Å². The largest absolute Gasteiger partial charge is 0.472 e. The molecule has 10 nitrogen and oxygen atoms in total. The fourth-order valence-corrected chi connectivity index (χ4v) is 4.24. The quantitative estimate of drug-likeness (QED) is 0.325. The van der Waals surface area contributed by atoms with Gasteiger partial charge < -0.3 is 19.6 Å². The van der Waals surface area contributed by atoms with E-state index in [1.165, 1.54) is 0 Å². The van der Waals surface area contributed by atoms with E-state index in [4.69, 9.17) is 4.42 Å². The lowest BCUT2D eigenvalue weighted by Gasteiger charge is -2.10. The summed E-state index contributed by atoms with van der Waals surface area (Å²) in [6.07, 6.45) is 10.2. The number of carbonyl (C=O) groups excluding carboxylic acids is 1. The number of likely N-dealkylation sites (N-methyl/N-ethyl adjacent to an activating group) is 1. The van der Waals surface area contributed by atoms with Crippen LogP contribution in [0.25, 0.3) is 55.7 Å². The van der Waals surface area contributed by atoms with E-state index in [2.05, 4.69) is 35.5 Å². The number of aromatic amines is 2. The van der Waals surface area contributed by atoms with Crippen LogP contribution in [0, 0.1) is 0 Å². The van der Waals surface area contributed by atoms with E-state index in [0.717, 1.165) is 55.7 Å². The van der Waals surface area contributed by atoms with Gasteiger partial charge in [-0.25, -0.2) is 4.98 Å². The number of nitrogens with zero attached hydrogens (tertiary/aromatic N) is 5. The highest BCUT2D eigenvalue weighted by Crippen LogP contribution is 2.34. The SMILES string of the molecule is CN(C)CC(=O)Nc1cncc(-c2cc3c(-c4cc5c(-c6ccoc6)ccnc5[nH]4)n[nH]c3cn2)c1. The normalized spacial score (nSPS) is 11.5. The highest BCUT2D eigenvalue weighted by atomic mass is 16.3. The van der Waals surface area contributed by atoms with Crippen LogP contribution in [0.1, 0.15) is 0 Å². The van der Waals surface area contributed by atoms with Crippen molar-refractivity contribution < 1.29 is 9.21 Å². The fraction of sp³-hybridized carbons (Fsp3) is 0.115. The van der Waals surface area contributed by atoms with Gasteiger partial charge in [0.1, 0.15) is 11.3 Å². The molecule has 0 aliphatic heterocycles. The van der Waals surface area contributed by atoms with Crippen LogP contribution in [0.5, 0.6) is 0 Å². The first-order valence-electron chi connectivity index (χ1n) is 11.3. The molecule has 0 fully saturated rings. The van der Waals surface area contributed by atoms with E-state index < -0.39 is 0 Å². The van der Waals surface area contributed by atoms with Crippen LogP contribution in [0.4, 0.5) is 5.69 Å². The number of rotatable bonds is 6. The number of nitrogens with one attached hydrogen (secondary N) is 3. The maximum atomic E-state index is 12.2. The zero-order valence-electron chi connectivity index (χ0n) is 19.6. The van der Waals surface area contributed by atoms with E-state index in [9.17, 15) is 4.79 Å². The molecule has 36 heavy (non-hydrogen) atoms. The third-order valence-electron chi connectivity index (χ3n) is 5.84. The molecule has 178 valence electrons. The van der Waals surface area contributed by atoms with Gasteiger partial charge in [0.05, 0.1) is 54.1 Å². The monoisotopic (exact) mass is 478 g/mol. The average Bonchev–Trinajstić information content (AvgIpc) is 3.62. The Morgan fingerprint density at radius 3 is 2.81 bits per heavy atom. The molecule has 0 aromatic carbocycles. The summed E-state index contributed by atoms with van der Waals surface area (Å²) in [6.45, 7) is 0.286. The van der Waals surface area contributed by atoms with Crippen LogP contribution in [0.15, 0.2) is 72.1 Å². The molecule has 3 N–H and O–H groups in total. The summed E-state index contributed by atoms with van der Waals surface area (Å²) in [4.78, 5) is 30.7. The maximum absolute atomic E-state index is 12.2. The summed E-state index contributed by atoms with van der Waals surface area (Å²) in [5.41, 5.74) is 7.28. The van der Waals surface area contributed by atoms with Crippen LogP contribution in [-0.4, -0.2) is 61.6 Å². The Balaban J connectivity index is 1.38. The molecule has 6 aromatic rings. The number of carbonyl (C=O) groups is 1. The van der Waals surface area contributed by atoms with Crippen molar-refractivity contribution in [2.75, 3.05) is 26.0 Å². The van der Waals surface area contributed by atoms with Crippen molar-refractivity contribution in [1.29, 1.82) is 0 Å². The van der Waals surface area contributed by atoms with Gasteiger partial charge in [0.25, 0.3) is 0 Å². The average molecular weight is 479 g/mol. The van der Waals surface area contributed by atoms with E-state index in [1.807, 2.05) is 44.4 Å². The summed E-state index contributed by atoms with van der Waals surface area (Å²) in [7, 11) is 3.69. The fourth-order valence-electron chi connectivity index (χ4n) is 4.24. The number of hydrogen-bond acceptors (Lipinski definition) is 7. The molecule has 0 saturated carbocycles. The Labute approximate surface area is 205 Å². The Morgan fingerprint density at radius 2 is 1.97 bits per heavy atom. The predicted octanol–water partition coefficient (Wildman–Crippen LogP) is 4.32. The second-order valence-electron chi connectivity index (χ2n) is 8.75. The van der Waals surface area contributed by atoms with Crippen LogP contribution in [0.2, 0.25) is 0 Å². The molecule has 0 bridgehead atoms. The van der Waals surface area contributed by atoms with Gasteiger partial charge in [-0.05, 0) is 50.0 Å². The zero-order chi connectivity index (χ0) is 24.6. The predicted molar refractivity (Wildman–Crippen MR) is 137 cm³/mol. The number of H-pyrrole nitrogens is 2. The second-order valence-corrected chi connectivity index (χ2v) is 8.75. The molecule has 10 heteroatoms. The van der Waals surface area contributed by atoms with Gasteiger partial charge >= 0.3 is 0 Å². The van der Waals surface area contributed by atoms with Crippen molar-refractivity contribution in [2.45, 2.75) is 0 Å². The van der Waals surface area contributed by atoms with E-state index in [-0.39, 0.29) is 12.5 Å². The first kappa shape index (κ1) is 21.7. The summed E-state index contributed by atoms with van der Waals surface area (Å²) < 4.78 is 5.27. The van der Waals surface area contributed by atoms with E-state index in [1.54, 1.807) is 42.2 Å². The number of anilines is 1. The van der Waals surface area contributed by atoms with E-state index >= 15 is 0 Å². The van der Waals surface area contributed by atoms with Crippen molar-refractivity contribution in [2.24, 2.45) is 0 Å². The molecule has 0 atom stereocenters. The molecule has 1 amide bonds. The molecule has 0 aliphatic carbocycles. The van der Waals surface area contributed by atoms with Gasteiger partial charge in [-0.15, -0.1) is 0 Å². The molecule has 0 saturated heterocycles. The molecule has 6 aromatic heterocycles. The second kappa shape index (κ2) is 8.75. The highest BCUT2D eigenvalue weighted by molar-refractivity contribution is 6.00. The topological polar surface area (TPSA) is 129 Å². The smallest absolute Gasteiger partial charge is 0.238 e. The van der Waals surface area contributed by atoms with Crippen LogP contribution < -0.4 is 5.32 Å². The van der Waals surface area contributed by atoms with E-state index in [0.29, 0.717) is 5.69 Å². The molecule has 0 unspecified atom stereocenters. The summed E-state index contributed by atoms with van der Waals surface area (Å²) in [5, 5.41) is 12.4. The molecular weight excluding hydrogens is 456 g/mol. The third-order valence-corrected chi connectivity index (χ3v) is 5.84. The lowest BCUT2D eigenvalue weighted by molar-refractivity contribution is -0.116. The van der Waals surface area contributed by atoms with Gasteiger partial charge in [-0.3, -0.25) is 19.9 Å². The highest BCUT2D eigenvalue weighted by Gasteiger charge is 2.16. The standard InChI is InChI=1S/C26H22N8O2/c1-34(2)13-24(35)30-17-7-16(10-27-11-17)21-9-20-23(12-29-21)32-33-25(20)22-8-19-18(15-4-6-36-14-15)3-5-28-26(19)31-22/h3-12,14H,13H2,1-2H3,(H,28,31)(H,30,35)(H,32,33). The van der Waals surface area contributed by atoms with Gasteiger partial charge in [0.2, 0.25) is 5.91 Å². The van der Waals surface area contributed by atoms with Crippen molar-refractivity contribution in [3.8, 4) is 33.8 Å². The van der Waals surface area contributed by atoms with Crippen molar-refractivity contribution in [3.05, 3.63) is 67.6 Å². The van der Waals surface area contributed by atoms with Gasteiger partial charge in [0, 0.05) is 34.3 Å². The number of fused-ring (bicyclic) bond motifs is 2. The first-order chi connectivity index (χ1) is 17.5. The molecule has 0 radical (unpaired) electrons. The van der Waals surface area contributed by atoms with Crippen molar-refractivity contribution in [3.63, 3.8) is 0 Å². The minimum Gasteiger partial charge on any atom is -0.472 e. The molecule has 6 heterocycles. The minimum atomic E-state index is -0.110. The molecule has 6 rings (SSSR count). The number of furan rings is 1. The number of pyridine rings is 3. The van der Waals surface area contributed by atoms with Crippen LogP contribution >= 0.6 is 0 Å². The van der Waals surface area contributed by atoms with Gasteiger partial charge in [0.15, 0.2) is 0 Å². The molecule has 0 spiro atoms. The van der Waals surface area contributed by atoms with Crippen molar-refractivity contribution in [1.82, 2.24) is 35.0 Å². The maximum Gasteiger partial charge on any atom is 0.238 e. The third kappa shape index (κ3) is 3.99. The summed E-state index contributed by atoms with van der Waals surface area (Å²) >= 11 is 0. The van der Waals surface area contributed by atoms with Crippen LogP contribution in [-0.2, 0) is 4.79 Å². The minimum absolute atomic E-state index is 0.110. The Hall–Kier alpha value is -4.83.